The first-order valence-electron chi connectivity index (χ1n) is 7.42. The van der Waals surface area contributed by atoms with E-state index < -0.39 is 0 Å². The quantitative estimate of drug-likeness (QED) is 0.779. The Morgan fingerprint density at radius 1 is 1.23 bits per heavy atom. The van der Waals surface area contributed by atoms with E-state index >= 15 is 0 Å². The zero-order valence-corrected chi connectivity index (χ0v) is 12.4. The van der Waals surface area contributed by atoms with Crippen LogP contribution in [-0.4, -0.2) is 59.9 Å². The molecule has 0 aliphatic carbocycles. The summed E-state index contributed by atoms with van der Waals surface area (Å²) in [5, 5.41) is 0. The summed E-state index contributed by atoms with van der Waals surface area (Å²) in [5.74, 6) is -0.681. The molecule has 0 saturated carbocycles. The van der Waals surface area contributed by atoms with Gasteiger partial charge in [0.1, 0.15) is 0 Å². The van der Waals surface area contributed by atoms with Crippen molar-refractivity contribution >= 4 is 17.7 Å². The first kappa shape index (κ1) is 14.7. The maximum atomic E-state index is 12.3. The van der Waals surface area contributed by atoms with Crippen molar-refractivity contribution in [1.82, 2.24) is 9.80 Å². The molecule has 1 saturated heterocycles. The highest BCUT2D eigenvalue weighted by molar-refractivity contribution is 6.21. The zero-order chi connectivity index (χ0) is 15.7. The molecule has 116 valence electrons. The van der Waals surface area contributed by atoms with E-state index in [9.17, 15) is 14.4 Å². The molecule has 2 aliphatic rings. The Labute approximate surface area is 128 Å². The molecule has 1 fully saturated rings. The van der Waals surface area contributed by atoms with Crippen LogP contribution >= 0.6 is 0 Å². The Bertz CT molecular complexity index is 593. The van der Waals surface area contributed by atoms with Crippen LogP contribution in [0.15, 0.2) is 24.3 Å². The molecule has 2 heterocycles. The summed E-state index contributed by atoms with van der Waals surface area (Å²) < 4.78 is 5.30. The highest BCUT2D eigenvalue weighted by atomic mass is 16.5. The van der Waals surface area contributed by atoms with Gasteiger partial charge in [0.15, 0.2) is 0 Å². The number of morpholine rings is 1. The molecule has 2 aliphatic heterocycles. The first-order chi connectivity index (χ1) is 10.6. The maximum absolute atomic E-state index is 12.3. The second-order valence-electron chi connectivity index (χ2n) is 5.57. The average Bonchev–Trinajstić information content (AvgIpc) is 2.77. The Balaban J connectivity index is 1.64. The number of imide groups is 1. The number of rotatable bonds is 3. The van der Waals surface area contributed by atoms with Crippen LogP contribution in [0.5, 0.6) is 0 Å². The van der Waals surface area contributed by atoms with Crippen LogP contribution in [-0.2, 0) is 9.53 Å². The number of hydrogen-bond acceptors (Lipinski definition) is 4. The number of hydrogen-bond donors (Lipinski definition) is 0. The molecule has 0 aromatic heterocycles. The van der Waals surface area contributed by atoms with Gasteiger partial charge >= 0.3 is 0 Å². The number of amides is 3. The fraction of sp³-hybridized carbons (Fsp3) is 0.438. The van der Waals surface area contributed by atoms with Gasteiger partial charge in [0, 0.05) is 19.5 Å². The average molecular weight is 302 g/mol. The Kier molecular flexibility index (Phi) is 3.94. The van der Waals surface area contributed by atoms with Crippen LogP contribution in [0, 0.1) is 0 Å². The van der Waals surface area contributed by atoms with Crippen LogP contribution in [0.1, 0.15) is 34.1 Å². The molecule has 6 nitrogen and oxygen atoms in total. The molecule has 6 heteroatoms. The predicted molar refractivity (Wildman–Crippen MR) is 78.4 cm³/mol. The number of carbonyl (C=O) groups is 3. The van der Waals surface area contributed by atoms with Crippen molar-refractivity contribution in [2.45, 2.75) is 19.4 Å². The molecule has 0 radical (unpaired) electrons. The third kappa shape index (κ3) is 2.50. The van der Waals surface area contributed by atoms with Crippen LogP contribution in [0.3, 0.4) is 0 Å². The van der Waals surface area contributed by atoms with E-state index in [1.807, 2.05) is 6.92 Å². The first-order valence-corrected chi connectivity index (χ1v) is 7.42. The SMILES string of the molecule is CC1COCCN1C(=O)CCN1C(=O)c2ccccc2C1=O. The summed E-state index contributed by atoms with van der Waals surface area (Å²) >= 11 is 0. The molecular weight excluding hydrogens is 284 g/mol. The summed E-state index contributed by atoms with van der Waals surface area (Å²) in [4.78, 5) is 39.6. The van der Waals surface area contributed by atoms with E-state index in [0.717, 1.165) is 4.90 Å². The third-order valence-electron chi connectivity index (χ3n) is 4.12. The van der Waals surface area contributed by atoms with Gasteiger partial charge in [-0.05, 0) is 19.1 Å². The number of fused-ring (bicyclic) bond motifs is 1. The van der Waals surface area contributed by atoms with Gasteiger partial charge in [0.2, 0.25) is 5.91 Å². The highest BCUT2D eigenvalue weighted by Crippen LogP contribution is 2.22. The monoisotopic (exact) mass is 302 g/mol. The van der Waals surface area contributed by atoms with Gasteiger partial charge in [-0.25, -0.2) is 0 Å². The van der Waals surface area contributed by atoms with Gasteiger partial charge < -0.3 is 9.64 Å². The van der Waals surface area contributed by atoms with Crippen molar-refractivity contribution < 1.29 is 19.1 Å². The van der Waals surface area contributed by atoms with Crippen LogP contribution in [0.4, 0.5) is 0 Å². The van der Waals surface area contributed by atoms with Gasteiger partial charge in [-0.15, -0.1) is 0 Å². The second-order valence-corrected chi connectivity index (χ2v) is 5.57. The lowest BCUT2D eigenvalue weighted by Gasteiger charge is -2.33. The molecular formula is C16H18N2O4. The second kappa shape index (κ2) is 5.88. The van der Waals surface area contributed by atoms with E-state index in [4.69, 9.17) is 4.74 Å². The number of nitrogens with zero attached hydrogens (tertiary/aromatic N) is 2. The molecule has 0 spiro atoms. The smallest absolute Gasteiger partial charge is 0.261 e. The topological polar surface area (TPSA) is 66.9 Å². The van der Waals surface area contributed by atoms with Crippen LogP contribution < -0.4 is 0 Å². The van der Waals surface area contributed by atoms with E-state index in [-0.39, 0.29) is 36.7 Å². The number of benzene rings is 1. The summed E-state index contributed by atoms with van der Waals surface area (Å²) in [5.41, 5.74) is 0.833. The molecule has 1 aromatic rings. The van der Waals surface area contributed by atoms with Crippen molar-refractivity contribution in [2.75, 3.05) is 26.3 Å². The molecule has 1 aromatic carbocycles. The van der Waals surface area contributed by atoms with E-state index in [2.05, 4.69) is 0 Å². The normalized spacial score (nSPS) is 21.2. The Morgan fingerprint density at radius 3 is 2.45 bits per heavy atom. The Hall–Kier alpha value is -2.21. The fourth-order valence-corrected chi connectivity index (χ4v) is 2.89. The fourth-order valence-electron chi connectivity index (χ4n) is 2.89. The molecule has 1 atom stereocenters. The standard InChI is InChI=1S/C16H18N2O4/c1-11-10-22-9-8-17(11)14(19)6-7-18-15(20)12-4-2-3-5-13(12)16(18)21/h2-5,11H,6-10H2,1H3. The summed E-state index contributed by atoms with van der Waals surface area (Å²) in [6.45, 7) is 3.66. The minimum Gasteiger partial charge on any atom is -0.377 e. The lowest BCUT2D eigenvalue weighted by atomic mass is 10.1. The van der Waals surface area contributed by atoms with Crippen molar-refractivity contribution in [2.24, 2.45) is 0 Å². The van der Waals surface area contributed by atoms with E-state index in [0.29, 0.717) is 30.9 Å². The van der Waals surface area contributed by atoms with Gasteiger partial charge in [-0.2, -0.15) is 0 Å². The maximum Gasteiger partial charge on any atom is 0.261 e. The molecule has 3 rings (SSSR count). The van der Waals surface area contributed by atoms with E-state index in [1.165, 1.54) is 0 Å². The molecule has 0 bridgehead atoms. The lowest BCUT2D eigenvalue weighted by Crippen LogP contribution is -2.48. The molecule has 1 unspecified atom stereocenters. The summed E-state index contributed by atoms with van der Waals surface area (Å²) in [6.07, 6.45) is 0.149. The van der Waals surface area contributed by atoms with Gasteiger partial charge in [-0.1, -0.05) is 12.1 Å². The van der Waals surface area contributed by atoms with Crippen LogP contribution in [0.2, 0.25) is 0 Å². The molecule has 3 amide bonds. The minimum absolute atomic E-state index is 0.0310. The highest BCUT2D eigenvalue weighted by Gasteiger charge is 2.35. The van der Waals surface area contributed by atoms with Crippen molar-refractivity contribution in [3.05, 3.63) is 35.4 Å². The van der Waals surface area contributed by atoms with Crippen LogP contribution in [0.25, 0.3) is 0 Å². The zero-order valence-electron chi connectivity index (χ0n) is 12.4. The summed E-state index contributed by atoms with van der Waals surface area (Å²) in [7, 11) is 0. The minimum atomic E-state index is -0.316. The van der Waals surface area contributed by atoms with Gasteiger partial charge in [0.25, 0.3) is 11.8 Å². The van der Waals surface area contributed by atoms with Gasteiger partial charge in [0.05, 0.1) is 30.4 Å². The Morgan fingerprint density at radius 2 is 1.86 bits per heavy atom. The molecule has 22 heavy (non-hydrogen) atoms. The molecule has 0 N–H and O–H groups in total. The van der Waals surface area contributed by atoms with E-state index in [1.54, 1.807) is 29.2 Å². The largest absolute Gasteiger partial charge is 0.377 e. The summed E-state index contributed by atoms with van der Waals surface area (Å²) in [6, 6.07) is 6.77. The van der Waals surface area contributed by atoms with Crippen molar-refractivity contribution in [1.29, 1.82) is 0 Å². The predicted octanol–water partition coefficient (Wildman–Crippen LogP) is 0.920. The number of ether oxygens (including phenoxy) is 1. The van der Waals surface area contributed by atoms with Crippen molar-refractivity contribution in [3.63, 3.8) is 0 Å². The lowest BCUT2D eigenvalue weighted by molar-refractivity contribution is -0.139. The number of carbonyl (C=O) groups excluding carboxylic acids is 3. The third-order valence-corrected chi connectivity index (χ3v) is 4.12. The van der Waals surface area contributed by atoms with Crippen molar-refractivity contribution in [3.8, 4) is 0 Å². The van der Waals surface area contributed by atoms with Gasteiger partial charge in [-0.3, -0.25) is 19.3 Å².